The molecule has 0 bridgehead atoms. The topological polar surface area (TPSA) is 85.9 Å². The Morgan fingerprint density at radius 1 is 1.37 bits per heavy atom. The van der Waals surface area contributed by atoms with Crippen LogP contribution in [0.5, 0.6) is 0 Å². The maximum Gasteiger partial charge on any atom is 0.256 e. The normalized spacial score (nSPS) is 17.6. The number of amides is 1. The fraction of sp³-hybridized carbons (Fsp3) is 0.278. The number of nitrogens with zero attached hydrogens (tertiary/aromatic N) is 3. The van der Waals surface area contributed by atoms with Crippen LogP contribution in [-0.2, 0) is 0 Å². The van der Waals surface area contributed by atoms with Gasteiger partial charge >= 0.3 is 0 Å². The number of anilines is 3. The lowest BCUT2D eigenvalue weighted by Crippen LogP contribution is -2.66. The summed E-state index contributed by atoms with van der Waals surface area (Å²) < 4.78 is 15.5. The number of carbonyl (C=O) groups is 1. The van der Waals surface area contributed by atoms with Crippen molar-refractivity contribution in [3.8, 4) is 0 Å². The van der Waals surface area contributed by atoms with Crippen LogP contribution in [0.25, 0.3) is 11.0 Å². The highest BCUT2D eigenvalue weighted by atomic mass is 35.5. The molecule has 0 atom stereocenters. The number of benzene rings is 1. The van der Waals surface area contributed by atoms with Gasteiger partial charge in [0, 0.05) is 13.2 Å². The number of rotatable bonds is 2. The molecule has 3 heterocycles. The molecule has 2 aromatic heterocycles. The first kappa shape index (κ1) is 16.3. The summed E-state index contributed by atoms with van der Waals surface area (Å²) in [6.45, 7) is 0. The molecule has 0 unspecified atom stereocenters. The van der Waals surface area contributed by atoms with Crippen LogP contribution in [0.2, 0.25) is 5.02 Å². The van der Waals surface area contributed by atoms with Gasteiger partial charge < -0.3 is 20.5 Å². The van der Waals surface area contributed by atoms with E-state index in [1.165, 1.54) is 12.4 Å². The Labute approximate surface area is 158 Å². The van der Waals surface area contributed by atoms with E-state index in [1.54, 1.807) is 24.2 Å². The Morgan fingerprint density at radius 2 is 2.19 bits per heavy atom. The zero-order valence-corrected chi connectivity index (χ0v) is 15.2. The number of hydrogen-bond acceptors (Lipinski definition) is 5. The molecule has 7 nitrogen and oxygen atoms in total. The maximum absolute atomic E-state index is 15.5. The number of aromatic amines is 1. The van der Waals surface area contributed by atoms with Crippen LogP contribution >= 0.6 is 11.6 Å². The van der Waals surface area contributed by atoms with E-state index < -0.39 is 11.5 Å². The third-order valence-electron chi connectivity index (χ3n) is 5.53. The molecule has 1 aliphatic heterocycles. The summed E-state index contributed by atoms with van der Waals surface area (Å²) >= 11 is 6.36. The van der Waals surface area contributed by atoms with E-state index >= 15 is 4.39 Å². The molecule has 0 radical (unpaired) electrons. The maximum atomic E-state index is 15.5. The van der Waals surface area contributed by atoms with Crippen molar-refractivity contribution in [1.82, 2.24) is 20.3 Å². The molecule has 3 N–H and O–H groups in total. The van der Waals surface area contributed by atoms with Crippen molar-refractivity contribution in [3.63, 3.8) is 0 Å². The SMILES string of the molecule is CN1c2c(F)c(Nc3ncnc4[nH]ccc34)cc(Cl)c2C(=O)NC12CCC2. The second-order valence-corrected chi connectivity index (χ2v) is 7.34. The number of H-pyrrole nitrogens is 1. The van der Waals surface area contributed by atoms with E-state index in [1.807, 2.05) is 0 Å². The monoisotopic (exact) mass is 386 g/mol. The summed E-state index contributed by atoms with van der Waals surface area (Å²) in [6.07, 6.45) is 5.67. The molecule has 1 amide bonds. The highest BCUT2D eigenvalue weighted by molar-refractivity contribution is 6.35. The van der Waals surface area contributed by atoms with Crippen LogP contribution in [0, 0.1) is 5.82 Å². The van der Waals surface area contributed by atoms with Crippen molar-refractivity contribution in [2.75, 3.05) is 17.3 Å². The number of aromatic nitrogens is 3. The predicted molar refractivity (Wildman–Crippen MR) is 101 cm³/mol. The molecule has 9 heteroatoms. The minimum Gasteiger partial charge on any atom is -0.349 e. The highest BCUT2D eigenvalue weighted by Crippen LogP contribution is 2.46. The Hall–Kier alpha value is -2.87. The first-order valence-corrected chi connectivity index (χ1v) is 9.01. The second kappa shape index (κ2) is 5.56. The molecule has 1 aromatic carbocycles. The van der Waals surface area contributed by atoms with Crippen molar-refractivity contribution in [3.05, 3.63) is 41.1 Å². The molecular formula is C18H16ClFN6O. The molecule has 0 saturated heterocycles. The summed E-state index contributed by atoms with van der Waals surface area (Å²) in [7, 11) is 1.79. The summed E-state index contributed by atoms with van der Waals surface area (Å²) in [6, 6.07) is 3.22. The minimum absolute atomic E-state index is 0.161. The van der Waals surface area contributed by atoms with Gasteiger partial charge in [-0.2, -0.15) is 0 Å². The quantitative estimate of drug-likeness (QED) is 0.627. The number of nitrogens with one attached hydrogen (secondary N) is 3. The van der Waals surface area contributed by atoms with Crippen LogP contribution in [0.3, 0.4) is 0 Å². The predicted octanol–water partition coefficient (Wildman–Crippen LogP) is 3.55. The fourth-order valence-electron chi connectivity index (χ4n) is 3.88. The molecule has 1 aliphatic carbocycles. The number of hydrogen-bond donors (Lipinski definition) is 3. The van der Waals surface area contributed by atoms with Crippen molar-refractivity contribution in [2.24, 2.45) is 0 Å². The summed E-state index contributed by atoms with van der Waals surface area (Å²) in [4.78, 5) is 25.7. The Bertz CT molecular complexity index is 1090. The van der Waals surface area contributed by atoms with Gasteiger partial charge in [0.2, 0.25) is 0 Å². The fourth-order valence-corrected chi connectivity index (χ4v) is 4.16. The first-order chi connectivity index (χ1) is 13.0. The Balaban J connectivity index is 1.64. The largest absolute Gasteiger partial charge is 0.349 e. The lowest BCUT2D eigenvalue weighted by atomic mass is 9.81. The number of fused-ring (bicyclic) bond motifs is 2. The molecule has 1 saturated carbocycles. The molecule has 3 aromatic rings. The Morgan fingerprint density at radius 3 is 2.93 bits per heavy atom. The smallest absolute Gasteiger partial charge is 0.256 e. The summed E-state index contributed by atoms with van der Waals surface area (Å²) in [5, 5.41) is 6.90. The zero-order valence-electron chi connectivity index (χ0n) is 14.4. The van der Waals surface area contributed by atoms with Crippen molar-refractivity contribution in [2.45, 2.75) is 24.9 Å². The van der Waals surface area contributed by atoms with Crippen LogP contribution < -0.4 is 15.5 Å². The van der Waals surface area contributed by atoms with E-state index in [2.05, 4.69) is 25.6 Å². The van der Waals surface area contributed by atoms with E-state index in [0.717, 1.165) is 24.6 Å². The van der Waals surface area contributed by atoms with Gasteiger partial charge in [-0.15, -0.1) is 0 Å². The number of halogens is 2. The van der Waals surface area contributed by atoms with Crippen molar-refractivity contribution < 1.29 is 9.18 Å². The Kier molecular flexibility index (Phi) is 3.36. The first-order valence-electron chi connectivity index (χ1n) is 8.64. The van der Waals surface area contributed by atoms with Crippen LogP contribution in [-0.4, -0.2) is 33.6 Å². The van der Waals surface area contributed by atoms with Crippen LogP contribution in [0.15, 0.2) is 24.7 Å². The lowest BCUT2D eigenvalue weighted by molar-refractivity contribution is 0.0800. The van der Waals surface area contributed by atoms with Crippen molar-refractivity contribution in [1.29, 1.82) is 0 Å². The van der Waals surface area contributed by atoms with Gasteiger partial charge in [-0.05, 0) is 31.4 Å². The molecule has 5 rings (SSSR count). The molecule has 27 heavy (non-hydrogen) atoms. The van der Waals surface area contributed by atoms with Crippen LogP contribution in [0.4, 0.5) is 21.6 Å². The molecule has 1 spiro atoms. The van der Waals surface area contributed by atoms with Gasteiger partial charge in [-0.25, -0.2) is 14.4 Å². The molecule has 2 aliphatic rings. The average Bonchev–Trinajstić information content (AvgIpc) is 3.09. The minimum atomic E-state index is -0.532. The standard InChI is InChI=1S/C18H16ClFN6O/c1-26-14-12(17(27)25-18(26)4-2-5-18)10(19)7-11(13(14)20)24-16-9-3-6-21-15(9)22-8-23-16/h3,6-8H,2,4-5H2,1H3,(H,25,27)(H2,21,22,23,24). The molecular weight excluding hydrogens is 371 g/mol. The summed E-state index contributed by atoms with van der Waals surface area (Å²) in [5.41, 5.74) is 0.648. The lowest BCUT2D eigenvalue weighted by Gasteiger charge is -2.53. The van der Waals surface area contributed by atoms with Crippen molar-refractivity contribution >= 4 is 45.7 Å². The van der Waals surface area contributed by atoms with Gasteiger partial charge in [0.1, 0.15) is 23.5 Å². The van der Waals surface area contributed by atoms with E-state index in [0.29, 0.717) is 11.5 Å². The van der Waals surface area contributed by atoms with E-state index in [9.17, 15) is 4.79 Å². The number of carbonyl (C=O) groups excluding carboxylic acids is 1. The van der Waals surface area contributed by atoms with Gasteiger partial charge in [0.05, 0.1) is 27.3 Å². The van der Waals surface area contributed by atoms with Crippen LogP contribution in [0.1, 0.15) is 29.6 Å². The van der Waals surface area contributed by atoms with E-state index in [4.69, 9.17) is 11.6 Å². The second-order valence-electron chi connectivity index (χ2n) is 6.93. The average molecular weight is 387 g/mol. The third kappa shape index (κ3) is 2.22. The van der Waals surface area contributed by atoms with Gasteiger partial charge in [0.15, 0.2) is 5.82 Å². The summed E-state index contributed by atoms with van der Waals surface area (Å²) in [5.74, 6) is -0.411. The van der Waals surface area contributed by atoms with Gasteiger partial charge in [-0.1, -0.05) is 11.6 Å². The third-order valence-corrected chi connectivity index (χ3v) is 5.83. The van der Waals surface area contributed by atoms with Gasteiger partial charge in [-0.3, -0.25) is 4.79 Å². The zero-order chi connectivity index (χ0) is 18.8. The highest BCUT2D eigenvalue weighted by Gasteiger charge is 2.48. The van der Waals surface area contributed by atoms with E-state index in [-0.39, 0.29) is 27.9 Å². The molecule has 138 valence electrons. The molecule has 1 fully saturated rings. The van der Waals surface area contributed by atoms with Gasteiger partial charge in [0.25, 0.3) is 5.91 Å².